The lowest BCUT2D eigenvalue weighted by Gasteiger charge is -2.18. The van der Waals surface area contributed by atoms with Crippen molar-refractivity contribution in [2.45, 2.75) is 0 Å². The Labute approximate surface area is 180 Å². The topological polar surface area (TPSA) is 22.1 Å². The zero-order chi connectivity index (χ0) is 20.6. The summed E-state index contributed by atoms with van der Waals surface area (Å²) in [6.07, 6.45) is 3.79. The molecule has 5 aromatic carbocycles. The number of para-hydroxylation sites is 1. The molecule has 0 aliphatic rings. The van der Waals surface area contributed by atoms with Crippen molar-refractivity contribution in [2.75, 3.05) is 0 Å². The smallest absolute Gasteiger partial charge is 0.143 e. The van der Waals surface area contributed by atoms with E-state index in [0.717, 1.165) is 33.0 Å². The molecule has 0 fully saturated rings. The lowest BCUT2D eigenvalue weighted by Crippen LogP contribution is -1.93. The van der Waals surface area contributed by atoms with Crippen LogP contribution in [-0.2, 0) is 0 Å². The number of rotatable bonds is 3. The fourth-order valence-corrected chi connectivity index (χ4v) is 4.43. The Morgan fingerprint density at radius 3 is 2.06 bits per heavy atom. The molecule has 31 heavy (non-hydrogen) atoms. The number of nitrogens with zero attached hydrogens (tertiary/aromatic N) is 1. The van der Waals surface area contributed by atoms with Crippen molar-refractivity contribution in [3.05, 3.63) is 116 Å². The maximum absolute atomic E-state index is 6.46. The summed E-state index contributed by atoms with van der Waals surface area (Å²) in [4.78, 5) is 4.48. The Bertz CT molecular complexity index is 1490. The number of fused-ring (bicyclic) bond motifs is 3. The van der Waals surface area contributed by atoms with Crippen LogP contribution in [-0.4, -0.2) is 4.98 Å². The number of pyridine rings is 1. The first-order valence-corrected chi connectivity index (χ1v) is 10.4. The van der Waals surface area contributed by atoms with E-state index in [2.05, 4.69) is 77.8 Å². The van der Waals surface area contributed by atoms with E-state index >= 15 is 0 Å². The van der Waals surface area contributed by atoms with Crippen LogP contribution in [0.25, 0.3) is 43.4 Å². The van der Waals surface area contributed by atoms with E-state index in [4.69, 9.17) is 4.74 Å². The quantitative estimate of drug-likeness (QED) is 0.282. The predicted octanol–water partition coefficient (Wildman–Crippen LogP) is 8.00. The SMILES string of the molecule is c1ccc(Oc2c3ccccc3c(-c3cccc4ccccc34)c3cnccc23)cc1. The van der Waals surface area contributed by atoms with Crippen LogP contribution in [0.3, 0.4) is 0 Å². The van der Waals surface area contributed by atoms with Gasteiger partial charge in [0.05, 0.1) is 0 Å². The second kappa shape index (κ2) is 7.26. The molecule has 0 aliphatic heterocycles. The summed E-state index contributed by atoms with van der Waals surface area (Å²) in [5, 5.41) is 6.85. The van der Waals surface area contributed by atoms with Crippen molar-refractivity contribution in [3.8, 4) is 22.6 Å². The first-order valence-electron chi connectivity index (χ1n) is 10.4. The second-order valence-corrected chi connectivity index (χ2v) is 7.61. The summed E-state index contributed by atoms with van der Waals surface area (Å²) in [6, 6.07) is 35.5. The lowest BCUT2D eigenvalue weighted by atomic mass is 9.89. The normalized spacial score (nSPS) is 11.2. The number of hydrogen-bond donors (Lipinski definition) is 0. The van der Waals surface area contributed by atoms with E-state index in [1.807, 2.05) is 42.7 Å². The van der Waals surface area contributed by atoms with Gasteiger partial charge < -0.3 is 4.74 Å². The summed E-state index contributed by atoms with van der Waals surface area (Å²) in [7, 11) is 0. The maximum Gasteiger partial charge on any atom is 0.143 e. The second-order valence-electron chi connectivity index (χ2n) is 7.61. The van der Waals surface area contributed by atoms with Crippen molar-refractivity contribution in [3.63, 3.8) is 0 Å². The lowest BCUT2D eigenvalue weighted by molar-refractivity contribution is 0.494. The highest BCUT2D eigenvalue weighted by molar-refractivity contribution is 6.19. The van der Waals surface area contributed by atoms with Crippen molar-refractivity contribution < 1.29 is 4.74 Å². The minimum absolute atomic E-state index is 0.823. The third-order valence-electron chi connectivity index (χ3n) is 5.80. The van der Waals surface area contributed by atoms with Crippen molar-refractivity contribution in [1.82, 2.24) is 4.98 Å². The minimum Gasteiger partial charge on any atom is -0.456 e. The Morgan fingerprint density at radius 1 is 0.516 bits per heavy atom. The van der Waals surface area contributed by atoms with Gasteiger partial charge in [-0.1, -0.05) is 84.9 Å². The van der Waals surface area contributed by atoms with Crippen molar-refractivity contribution in [1.29, 1.82) is 0 Å². The Hall–Kier alpha value is -4.17. The highest BCUT2D eigenvalue weighted by Crippen LogP contribution is 2.45. The molecule has 6 aromatic rings. The standard InChI is InChI=1S/C29H19NO/c1-2-11-21(12-3-1)31-29-25-15-7-6-14-24(25)28(27-19-30-18-17-26(27)29)23-16-8-10-20-9-4-5-13-22(20)23/h1-19H. The van der Waals surface area contributed by atoms with Crippen LogP contribution in [0.5, 0.6) is 11.5 Å². The molecule has 0 saturated heterocycles. The Balaban J connectivity index is 1.75. The first kappa shape index (κ1) is 17.7. The number of hydrogen-bond acceptors (Lipinski definition) is 2. The molecule has 1 heterocycles. The third kappa shape index (κ3) is 2.92. The molecule has 2 heteroatoms. The minimum atomic E-state index is 0.823. The van der Waals surface area contributed by atoms with Gasteiger partial charge in [-0.2, -0.15) is 0 Å². The molecule has 0 N–H and O–H groups in total. The molecule has 0 unspecified atom stereocenters. The van der Waals surface area contributed by atoms with Gasteiger partial charge in [0.25, 0.3) is 0 Å². The number of aromatic nitrogens is 1. The number of benzene rings is 5. The summed E-state index contributed by atoms with van der Waals surface area (Å²) < 4.78 is 6.46. The van der Waals surface area contributed by atoms with Gasteiger partial charge in [0.1, 0.15) is 11.5 Å². The van der Waals surface area contributed by atoms with Crippen LogP contribution in [0.15, 0.2) is 116 Å². The highest BCUT2D eigenvalue weighted by Gasteiger charge is 2.18. The van der Waals surface area contributed by atoms with E-state index < -0.39 is 0 Å². The molecule has 0 amide bonds. The molecule has 1 aromatic heterocycles. The molecule has 0 radical (unpaired) electrons. The number of ether oxygens (including phenoxy) is 1. The van der Waals surface area contributed by atoms with Crippen LogP contribution in [0.4, 0.5) is 0 Å². The van der Waals surface area contributed by atoms with Gasteiger partial charge in [0.2, 0.25) is 0 Å². The summed E-state index contributed by atoms with van der Waals surface area (Å²) in [5.74, 6) is 1.69. The molecule has 2 nitrogen and oxygen atoms in total. The largest absolute Gasteiger partial charge is 0.456 e. The van der Waals surface area contributed by atoms with Crippen molar-refractivity contribution in [2.24, 2.45) is 0 Å². The molecule has 146 valence electrons. The van der Waals surface area contributed by atoms with Gasteiger partial charge in [-0.3, -0.25) is 4.98 Å². The van der Waals surface area contributed by atoms with Gasteiger partial charge in [-0.25, -0.2) is 0 Å². The molecule has 0 aliphatic carbocycles. The third-order valence-corrected chi connectivity index (χ3v) is 5.80. The summed E-state index contributed by atoms with van der Waals surface area (Å²) in [5.41, 5.74) is 2.40. The molecular weight excluding hydrogens is 378 g/mol. The molecule has 0 saturated carbocycles. The van der Waals surface area contributed by atoms with E-state index in [0.29, 0.717) is 0 Å². The van der Waals surface area contributed by atoms with E-state index in [1.54, 1.807) is 0 Å². The van der Waals surface area contributed by atoms with Crippen LogP contribution >= 0.6 is 0 Å². The predicted molar refractivity (Wildman–Crippen MR) is 129 cm³/mol. The Morgan fingerprint density at radius 2 is 1.19 bits per heavy atom. The monoisotopic (exact) mass is 397 g/mol. The zero-order valence-corrected chi connectivity index (χ0v) is 16.8. The van der Waals surface area contributed by atoms with Crippen LogP contribution in [0.1, 0.15) is 0 Å². The molecule has 0 bridgehead atoms. The van der Waals surface area contributed by atoms with Gasteiger partial charge in [-0.15, -0.1) is 0 Å². The fourth-order valence-electron chi connectivity index (χ4n) is 4.43. The van der Waals surface area contributed by atoms with E-state index in [1.165, 1.54) is 21.9 Å². The first-order chi connectivity index (χ1) is 15.4. The van der Waals surface area contributed by atoms with Crippen LogP contribution < -0.4 is 4.74 Å². The van der Waals surface area contributed by atoms with Gasteiger partial charge in [0, 0.05) is 28.6 Å². The highest BCUT2D eigenvalue weighted by atomic mass is 16.5. The fraction of sp³-hybridized carbons (Fsp3) is 0. The Kier molecular flexibility index (Phi) is 4.14. The van der Waals surface area contributed by atoms with E-state index in [9.17, 15) is 0 Å². The molecule has 0 atom stereocenters. The summed E-state index contributed by atoms with van der Waals surface area (Å²) in [6.45, 7) is 0. The maximum atomic E-state index is 6.46. The van der Waals surface area contributed by atoms with E-state index in [-0.39, 0.29) is 0 Å². The van der Waals surface area contributed by atoms with Crippen molar-refractivity contribution >= 4 is 32.3 Å². The summed E-state index contributed by atoms with van der Waals surface area (Å²) >= 11 is 0. The molecular formula is C29H19NO. The van der Waals surface area contributed by atoms with Crippen LogP contribution in [0, 0.1) is 0 Å². The molecule has 0 spiro atoms. The van der Waals surface area contributed by atoms with Gasteiger partial charge in [-0.05, 0) is 45.5 Å². The van der Waals surface area contributed by atoms with Gasteiger partial charge in [0.15, 0.2) is 0 Å². The molecule has 6 rings (SSSR count). The van der Waals surface area contributed by atoms with Gasteiger partial charge >= 0.3 is 0 Å². The average molecular weight is 397 g/mol. The van der Waals surface area contributed by atoms with Crippen LogP contribution in [0.2, 0.25) is 0 Å². The average Bonchev–Trinajstić information content (AvgIpc) is 2.84. The zero-order valence-electron chi connectivity index (χ0n) is 16.8.